The Morgan fingerprint density at radius 1 is 1.18 bits per heavy atom. The molecule has 1 aromatic heterocycles. The van der Waals surface area contributed by atoms with Gasteiger partial charge in [-0.2, -0.15) is 9.30 Å². The van der Waals surface area contributed by atoms with Crippen LogP contribution in [0, 0.1) is 12.3 Å². The standard InChI is InChI=1S/C25H29N3O4S2/c1-5-9-17-27(7-3)34(30,31)21-13-10-19(11-14-21)24(29)26-25-28(16-6-2)22-15-12-20(32-8-4)18-23(22)33-25/h2,10-15,18H,5,7-9,16-17H2,1,3-4H3. The lowest BCUT2D eigenvalue weighted by Gasteiger charge is -2.20. The zero-order chi connectivity index (χ0) is 24.7. The van der Waals surface area contributed by atoms with Crippen molar-refractivity contribution in [2.45, 2.75) is 45.1 Å². The molecule has 1 heterocycles. The summed E-state index contributed by atoms with van der Waals surface area (Å²) in [5.41, 5.74) is 1.17. The lowest BCUT2D eigenvalue weighted by atomic mass is 10.2. The predicted octanol–water partition coefficient (Wildman–Crippen LogP) is 4.29. The van der Waals surface area contributed by atoms with Crippen LogP contribution in [-0.4, -0.2) is 42.9 Å². The first-order chi connectivity index (χ1) is 16.3. The number of aromatic nitrogens is 1. The van der Waals surface area contributed by atoms with E-state index >= 15 is 0 Å². The Kier molecular flexibility index (Phi) is 8.67. The molecule has 0 aliphatic rings. The molecular formula is C25H29N3O4S2. The second kappa shape index (κ2) is 11.5. The summed E-state index contributed by atoms with van der Waals surface area (Å²) >= 11 is 1.35. The fraction of sp³-hybridized carbons (Fsp3) is 0.360. The van der Waals surface area contributed by atoms with E-state index in [1.807, 2.05) is 39.0 Å². The van der Waals surface area contributed by atoms with E-state index in [0.717, 1.165) is 28.8 Å². The molecule has 0 fully saturated rings. The van der Waals surface area contributed by atoms with Gasteiger partial charge in [-0.3, -0.25) is 4.79 Å². The lowest BCUT2D eigenvalue weighted by Crippen LogP contribution is -2.31. The summed E-state index contributed by atoms with van der Waals surface area (Å²) in [6.45, 7) is 7.43. The quantitative estimate of drug-likeness (QED) is 0.390. The van der Waals surface area contributed by atoms with E-state index in [-0.39, 0.29) is 11.4 Å². The number of hydrogen-bond donors (Lipinski definition) is 0. The van der Waals surface area contributed by atoms with Gasteiger partial charge in [-0.15, -0.1) is 6.42 Å². The second-order valence-electron chi connectivity index (χ2n) is 7.53. The Morgan fingerprint density at radius 2 is 1.91 bits per heavy atom. The largest absolute Gasteiger partial charge is 0.494 e. The zero-order valence-electron chi connectivity index (χ0n) is 19.7. The van der Waals surface area contributed by atoms with E-state index < -0.39 is 15.9 Å². The van der Waals surface area contributed by atoms with Crippen LogP contribution in [-0.2, 0) is 16.6 Å². The van der Waals surface area contributed by atoms with Crippen LogP contribution in [0.3, 0.4) is 0 Å². The van der Waals surface area contributed by atoms with Crippen LogP contribution in [0.15, 0.2) is 52.4 Å². The van der Waals surface area contributed by atoms with Gasteiger partial charge in [-0.1, -0.05) is 37.5 Å². The van der Waals surface area contributed by atoms with Crippen molar-refractivity contribution in [3.63, 3.8) is 0 Å². The third-order valence-electron chi connectivity index (χ3n) is 5.26. The number of thiazole rings is 1. The van der Waals surface area contributed by atoms with E-state index in [2.05, 4.69) is 10.9 Å². The minimum atomic E-state index is -3.61. The summed E-state index contributed by atoms with van der Waals surface area (Å²) in [6.07, 6.45) is 7.25. The van der Waals surface area contributed by atoms with E-state index in [9.17, 15) is 13.2 Å². The van der Waals surface area contributed by atoms with Gasteiger partial charge in [0.15, 0.2) is 4.80 Å². The van der Waals surface area contributed by atoms with Gasteiger partial charge in [-0.05, 0) is 55.8 Å². The first-order valence-corrected chi connectivity index (χ1v) is 13.5. The van der Waals surface area contributed by atoms with Crippen molar-refractivity contribution in [2.75, 3.05) is 19.7 Å². The highest BCUT2D eigenvalue weighted by atomic mass is 32.2. The SMILES string of the molecule is C#CCn1c(=NC(=O)c2ccc(S(=O)(=O)N(CC)CCCC)cc2)sc2cc(OCC)ccc21. The van der Waals surface area contributed by atoms with Crippen molar-refractivity contribution >= 4 is 37.5 Å². The van der Waals surface area contributed by atoms with Gasteiger partial charge in [0.2, 0.25) is 10.0 Å². The first kappa shape index (κ1) is 25.7. The Hall–Kier alpha value is -2.93. The van der Waals surface area contributed by atoms with E-state index in [1.54, 1.807) is 4.57 Å². The number of hydrogen-bond acceptors (Lipinski definition) is 5. The third-order valence-corrected chi connectivity index (χ3v) is 8.29. The summed E-state index contributed by atoms with van der Waals surface area (Å²) in [6, 6.07) is 11.6. The Morgan fingerprint density at radius 3 is 2.53 bits per heavy atom. The molecule has 0 unspecified atom stereocenters. The van der Waals surface area contributed by atoms with Crippen LogP contribution in [0.25, 0.3) is 10.2 Å². The molecule has 2 aromatic carbocycles. The van der Waals surface area contributed by atoms with Crippen LogP contribution in [0.2, 0.25) is 0 Å². The molecule has 0 atom stereocenters. The molecule has 7 nitrogen and oxygen atoms in total. The number of unbranched alkanes of at least 4 members (excludes halogenated alkanes) is 1. The topological polar surface area (TPSA) is 81.0 Å². The summed E-state index contributed by atoms with van der Waals surface area (Å²) in [5.74, 6) is 2.87. The summed E-state index contributed by atoms with van der Waals surface area (Å²) in [7, 11) is -3.61. The molecule has 180 valence electrons. The summed E-state index contributed by atoms with van der Waals surface area (Å²) < 4.78 is 35.6. The normalized spacial score (nSPS) is 12.3. The van der Waals surface area contributed by atoms with Crippen LogP contribution in [0.4, 0.5) is 0 Å². The molecule has 1 amide bonds. The average Bonchev–Trinajstić information content (AvgIpc) is 3.16. The second-order valence-corrected chi connectivity index (χ2v) is 10.5. The van der Waals surface area contributed by atoms with Gasteiger partial charge >= 0.3 is 0 Å². The van der Waals surface area contributed by atoms with Crippen molar-refractivity contribution in [2.24, 2.45) is 4.99 Å². The number of rotatable bonds is 10. The fourth-order valence-corrected chi connectivity index (χ4v) is 6.04. The zero-order valence-corrected chi connectivity index (χ0v) is 21.3. The predicted molar refractivity (Wildman–Crippen MR) is 135 cm³/mol. The number of fused-ring (bicyclic) bond motifs is 1. The van der Waals surface area contributed by atoms with Gasteiger partial charge in [0, 0.05) is 18.7 Å². The molecule has 3 aromatic rings. The number of carbonyl (C=O) groups excluding carboxylic acids is 1. The molecule has 0 aliphatic heterocycles. The maximum absolute atomic E-state index is 12.9. The molecule has 9 heteroatoms. The molecule has 0 bridgehead atoms. The minimum absolute atomic E-state index is 0.162. The van der Waals surface area contributed by atoms with Gasteiger partial charge in [-0.25, -0.2) is 8.42 Å². The maximum Gasteiger partial charge on any atom is 0.279 e. The molecular weight excluding hydrogens is 470 g/mol. The van der Waals surface area contributed by atoms with E-state index in [1.165, 1.54) is 39.9 Å². The third kappa shape index (κ3) is 5.58. The fourth-order valence-electron chi connectivity index (χ4n) is 3.49. The van der Waals surface area contributed by atoms with E-state index in [0.29, 0.717) is 30.1 Å². The van der Waals surface area contributed by atoms with Gasteiger partial charge < -0.3 is 9.30 Å². The highest BCUT2D eigenvalue weighted by Gasteiger charge is 2.22. The Balaban J connectivity index is 1.94. The van der Waals surface area contributed by atoms with Crippen LogP contribution < -0.4 is 9.54 Å². The highest BCUT2D eigenvalue weighted by Crippen LogP contribution is 2.24. The smallest absolute Gasteiger partial charge is 0.279 e. The van der Waals surface area contributed by atoms with Gasteiger partial charge in [0.05, 0.1) is 28.3 Å². The highest BCUT2D eigenvalue weighted by molar-refractivity contribution is 7.89. The van der Waals surface area contributed by atoms with Crippen molar-refractivity contribution in [1.82, 2.24) is 8.87 Å². The number of ether oxygens (including phenoxy) is 1. The molecule has 0 radical (unpaired) electrons. The van der Waals surface area contributed by atoms with Crippen LogP contribution in [0.1, 0.15) is 44.0 Å². The van der Waals surface area contributed by atoms with Crippen molar-refractivity contribution in [3.8, 4) is 18.1 Å². The monoisotopic (exact) mass is 499 g/mol. The average molecular weight is 500 g/mol. The number of amides is 1. The Labute approximate surface area is 204 Å². The molecule has 34 heavy (non-hydrogen) atoms. The molecule has 0 saturated heterocycles. The van der Waals surface area contributed by atoms with Crippen molar-refractivity contribution in [3.05, 3.63) is 52.8 Å². The summed E-state index contributed by atoms with van der Waals surface area (Å²) in [4.78, 5) is 17.8. The summed E-state index contributed by atoms with van der Waals surface area (Å²) in [5, 5.41) is 0. The van der Waals surface area contributed by atoms with Gasteiger partial charge in [0.25, 0.3) is 5.91 Å². The lowest BCUT2D eigenvalue weighted by molar-refractivity contribution is 0.0997. The Bertz CT molecular complexity index is 1360. The number of nitrogens with zero attached hydrogens (tertiary/aromatic N) is 3. The van der Waals surface area contributed by atoms with Crippen molar-refractivity contribution < 1.29 is 17.9 Å². The van der Waals surface area contributed by atoms with Crippen molar-refractivity contribution in [1.29, 1.82) is 0 Å². The molecule has 0 spiro atoms. The number of sulfonamides is 1. The minimum Gasteiger partial charge on any atom is -0.494 e. The molecule has 0 N–H and O–H groups in total. The molecule has 0 aliphatic carbocycles. The van der Waals surface area contributed by atoms with E-state index in [4.69, 9.17) is 11.2 Å². The molecule has 0 saturated carbocycles. The van der Waals surface area contributed by atoms with Gasteiger partial charge in [0.1, 0.15) is 5.75 Å². The van der Waals surface area contributed by atoms with Crippen LogP contribution in [0.5, 0.6) is 5.75 Å². The number of carbonyl (C=O) groups is 1. The first-order valence-electron chi connectivity index (χ1n) is 11.2. The van der Waals surface area contributed by atoms with Crippen LogP contribution >= 0.6 is 11.3 Å². The maximum atomic E-state index is 12.9. The number of terminal acetylenes is 1. The molecule has 3 rings (SSSR count). The number of benzene rings is 2.